The average Bonchev–Trinajstić information content (AvgIpc) is 2.69. The fourth-order valence-corrected chi connectivity index (χ4v) is 2.99. The maximum absolute atomic E-state index is 12.4. The van der Waals surface area contributed by atoms with E-state index >= 15 is 0 Å². The molecule has 0 bridgehead atoms. The summed E-state index contributed by atoms with van der Waals surface area (Å²) in [6.07, 6.45) is 1.73. The molecule has 130 valence electrons. The van der Waals surface area contributed by atoms with Crippen LogP contribution in [0, 0.1) is 0 Å². The first-order valence-corrected chi connectivity index (χ1v) is 8.01. The standard InChI is InChI=1S/C19H15N3O4/c23-18-11-26-17-6-4-14(19(24)21-25)9-16(17)22(18)10-12-3-5-15-13(8-12)2-1-7-20-15/h1-9,25H,10-11H2,(H,21,24). The number of nitrogens with zero attached hydrogens (tertiary/aromatic N) is 2. The lowest BCUT2D eigenvalue weighted by molar-refractivity contribution is -0.121. The highest BCUT2D eigenvalue weighted by Crippen LogP contribution is 2.34. The van der Waals surface area contributed by atoms with E-state index in [1.165, 1.54) is 12.1 Å². The predicted molar refractivity (Wildman–Crippen MR) is 94.1 cm³/mol. The Kier molecular flexibility index (Phi) is 3.98. The minimum absolute atomic E-state index is 0.0618. The maximum atomic E-state index is 12.4. The number of hydrogen-bond acceptors (Lipinski definition) is 5. The summed E-state index contributed by atoms with van der Waals surface area (Å²) in [5.41, 5.74) is 4.14. The van der Waals surface area contributed by atoms with Gasteiger partial charge in [-0.2, -0.15) is 0 Å². The summed E-state index contributed by atoms with van der Waals surface area (Å²) < 4.78 is 5.45. The van der Waals surface area contributed by atoms with Crippen molar-refractivity contribution in [1.29, 1.82) is 0 Å². The van der Waals surface area contributed by atoms with Crippen molar-refractivity contribution < 1.29 is 19.5 Å². The van der Waals surface area contributed by atoms with Gasteiger partial charge in [-0.3, -0.25) is 19.8 Å². The molecule has 1 aromatic heterocycles. The van der Waals surface area contributed by atoms with Crippen molar-refractivity contribution in [3.8, 4) is 5.75 Å². The van der Waals surface area contributed by atoms with Crippen LogP contribution in [0.3, 0.4) is 0 Å². The van der Waals surface area contributed by atoms with E-state index in [0.29, 0.717) is 18.0 Å². The predicted octanol–water partition coefficient (Wildman–Crippen LogP) is 2.28. The van der Waals surface area contributed by atoms with Crippen LogP contribution >= 0.6 is 0 Å². The summed E-state index contributed by atoms with van der Waals surface area (Å²) in [5.74, 6) is -0.338. The van der Waals surface area contributed by atoms with Crippen LogP contribution in [0.5, 0.6) is 5.75 Å². The molecule has 0 unspecified atom stereocenters. The Balaban J connectivity index is 1.71. The zero-order chi connectivity index (χ0) is 18.1. The Morgan fingerprint density at radius 2 is 2.12 bits per heavy atom. The number of ether oxygens (including phenoxy) is 1. The number of hydroxylamine groups is 1. The number of rotatable bonds is 3. The van der Waals surface area contributed by atoms with Crippen molar-refractivity contribution in [2.75, 3.05) is 11.5 Å². The van der Waals surface area contributed by atoms with Gasteiger partial charge in [0.2, 0.25) is 0 Å². The van der Waals surface area contributed by atoms with E-state index in [9.17, 15) is 9.59 Å². The molecule has 0 spiro atoms. The fourth-order valence-electron chi connectivity index (χ4n) is 2.99. The first-order valence-electron chi connectivity index (χ1n) is 8.01. The Morgan fingerprint density at radius 3 is 2.96 bits per heavy atom. The van der Waals surface area contributed by atoms with Gasteiger partial charge in [0.15, 0.2) is 6.61 Å². The molecule has 1 aliphatic heterocycles. The van der Waals surface area contributed by atoms with Crippen molar-refractivity contribution in [1.82, 2.24) is 10.5 Å². The van der Waals surface area contributed by atoms with Crippen LogP contribution in [-0.2, 0) is 11.3 Å². The zero-order valence-corrected chi connectivity index (χ0v) is 13.7. The van der Waals surface area contributed by atoms with Crippen molar-refractivity contribution in [2.24, 2.45) is 0 Å². The Labute approximate surface area is 148 Å². The third kappa shape index (κ3) is 2.84. The minimum atomic E-state index is -0.650. The van der Waals surface area contributed by atoms with Crippen molar-refractivity contribution in [3.05, 3.63) is 65.9 Å². The molecule has 2 heterocycles. The number of aromatic nitrogens is 1. The number of carbonyl (C=O) groups excluding carboxylic acids is 2. The molecule has 4 rings (SSSR count). The quantitative estimate of drug-likeness (QED) is 0.559. The summed E-state index contributed by atoms with van der Waals surface area (Å²) >= 11 is 0. The van der Waals surface area contributed by atoms with Gasteiger partial charge in [0.1, 0.15) is 5.75 Å². The third-order valence-electron chi connectivity index (χ3n) is 4.27. The number of fused-ring (bicyclic) bond motifs is 2. The van der Waals surface area contributed by atoms with Gasteiger partial charge >= 0.3 is 0 Å². The van der Waals surface area contributed by atoms with Gasteiger partial charge in [-0.05, 0) is 42.0 Å². The second-order valence-electron chi connectivity index (χ2n) is 5.92. The molecule has 7 heteroatoms. The van der Waals surface area contributed by atoms with Crippen LogP contribution in [0.1, 0.15) is 15.9 Å². The second kappa shape index (κ2) is 6.45. The molecule has 2 amide bonds. The molecule has 0 saturated heterocycles. The molecule has 0 atom stereocenters. The van der Waals surface area contributed by atoms with Crippen molar-refractivity contribution in [2.45, 2.75) is 6.54 Å². The lowest BCUT2D eigenvalue weighted by Crippen LogP contribution is -2.38. The number of benzene rings is 2. The van der Waals surface area contributed by atoms with E-state index < -0.39 is 5.91 Å². The van der Waals surface area contributed by atoms with E-state index in [1.54, 1.807) is 22.6 Å². The highest BCUT2D eigenvalue weighted by atomic mass is 16.5. The van der Waals surface area contributed by atoms with E-state index in [0.717, 1.165) is 16.5 Å². The van der Waals surface area contributed by atoms with Gasteiger partial charge in [-0.1, -0.05) is 12.1 Å². The van der Waals surface area contributed by atoms with E-state index in [2.05, 4.69) is 4.98 Å². The normalized spacial score (nSPS) is 13.3. The molecule has 2 N–H and O–H groups in total. The van der Waals surface area contributed by atoms with Crippen LogP contribution in [0.15, 0.2) is 54.7 Å². The van der Waals surface area contributed by atoms with Gasteiger partial charge in [-0.15, -0.1) is 0 Å². The minimum Gasteiger partial charge on any atom is -0.482 e. The Hall–Kier alpha value is -3.45. The largest absolute Gasteiger partial charge is 0.482 e. The lowest BCUT2D eigenvalue weighted by Gasteiger charge is -2.29. The molecule has 0 aliphatic carbocycles. The molecule has 0 fully saturated rings. The van der Waals surface area contributed by atoms with Crippen LogP contribution in [0.25, 0.3) is 10.9 Å². The highest BCUT2D eigenvalue weighted by molar-refractivity contribution is 6.01. The highest BCUT2D eigenvalue weighted by Gasteiger charge is 2.26. The number of nitrogens with one attached hydrogen (secondary N) is 1. The zero-order valence-electron chi connectivity index (χ0n) is 13.7. The first kappa shape index (κ1) is 16.0. The second-order valence-corrected chi connectivity index (χ2v) is 5.92. The first-order chi connectivity index (χ1) is 12.7. The Bertz CT molecular complexity index is 1020. The molecule has 0 radical (unpaired) electrons. The van der Waals surface area contributed by atoms with Crippen LogP contribution in [-0.4, -0.2) is 28.6 Å². The molecule has 0 saturated carbocycles. The molecule has 1 aliphatic rings. The van der Waals surface area contributed by atoms with E-state index in [4.69, 9.17) is 9.94 Å². The Morgan fingerprint density at radius 1 is 1.23 bits per heavy atom. The van der Waals surface area contributed by atoms with Gasteiger partial charge < -0.3 is 9.64 Å². The van der Waals surface area contributed by atoms with Gasteiger partial charge in [0.05, 0.1) is 17.7 Å². The molecule has 7 nitrogen and oxygen atoms in total. The lowest BCUT2D eigenvalue weighted by atomic mass is 10.1. The van der Waals surface area contributed by atoms with Gasteiger partial charge in [0, 0.05) is 17.1 Å². The number of pyridine rings is 1. The summed E-state index contributed by atoms with van der Waals surface area (Å²) in [6.45, 7) is 0.276. The van der Waals surface area contributed by atoms with Gasteiger partial charge in [-0.25, -0.2) is 5.48 Å². The van der Waals surface area contributed by atoms with Crippen LogP contribution in [0.2, 0.25) is 0 Å². The number of anilines is 1. The number of amides is 2. The fraction of sp³-hybridized carbons (Fsp3) is 0.105. The van der Waals surface area contributed by atoms with Crippen molar-refractivity contribution in [3.63, 3.8) is 0 Å². The summed E-state index contributed by atoms with van der Waals surface area (Å²) in [6, 6.07) is 14.3. The van der Waals surface area contributed by atoms with E-state index in [1.807, 2.05) is 30.3 Å². The molecular formula is C19H15N3O4. The third-order valence-corrected chi connectivity index (χ3v) is 4.27. The van der Waals surface area contributed by atoms with Gasteiger partial charge in [0.25, 0.3) is 11.8 Å². The smallest absolute Gasteiger partial charge is 0.274 e. The van der Waals surface area contributed by atoms with Crippen LogP contribution < -0.4 is 15.1 Å². The molecule has 2 aromatic carbocycles. The number of hydrogen-bond donors (Lipinski definition) is 2. The van der Waals surface area contributed by atoms with Crippen LogP contribution in [0.4, 0.5) is 5.69 Å². The maximum Gasteiger partial charge on any atom is 0.274 e. The molecule has 3 aromatic rings. The molecule has 26 heavy (non-hydrogen) atoms. The summed E-state index contributed by atoms with van der Waals surface area (Å²) in [7, 11) is 0. The summed E-state index contributed by atoms with van der Waals surface area (Å²) in [5, 5.41) is 9.81. The monoisotopic (exact) mass is 349 g/mol. The number of carbonyl (C=O) groups is 2. The SMILES string of the molecule is O=C(NO)c1ccc2c(c1)N(Cc1ccc3ncccc3c1)C(=O)CO2. The van der Waals surface area contributed by atoms with Crippen molar-refractivity contribution >= 4 is 28.4 Å². The van der Waals surface area contributed by atoms with E-state index in [-0.39, 0.29) is 18.1 Å². The molecular weight excluding hydrogens is 334 g/mol. The summed E-state index contributed by atoms with van der Waals surface area (Å²) in [4.78, 5) is 30.0. The average molecular weight is 349 g/mol. The topological polar surface area (TPSA) is 91.8 Å².